The van der Waals surface area contributed by atoms with E-state index in [-0.39, 0.29) is 0 Å². The van der Waals surface area contributed by atoms with Crippen LogP contribution >= 0.6 is 0 Å². The van der Waals surface area contributed by atoms with E-state index < -0.39 is 0 Å². The number of ether oxygens (including phenoxy) is 1. The van der Waals surface area contributed by atoms with Crippen molar-refractivity contribution in [2.24, 2.45) is 0 Å². The highest BCUT2D eigenvalue weighted by atomic mass is 16.5. The van der Waals surface area contributed by atoms with Gasteiger partial charge in [-0.3, -0.25) is 4.98 Å². The molecule has 1 heterocycles. The first-order valence-electron chi connectivity index (χ1n) is 6.69. The fourth-order valence-corrected chi connectivity index (χ4v) is 2.91. The zero-order valence-electron chi connectivity index (χ0n) is 11.1. The number of hydrogen-bond donors (Lipinski definition) is 0. The molecule has 0 fully saturated rings. The molecular formula is C16H16N2O. The van der Waals surface area contributed by atoms with E-state index in [1.54, 1.807) is 7.11 Å². The van der Waals surface area contributed by atoms with Crippen LogP contribution in [0.5, 0.6) is 5.75 Å². The zero-order chi connectivity index (χ0) is 13.2. The molecule has 3 heteroatoms. The van der Waals surface area contributed by atoms with Crippen LogP contribution in [0.25, 0.3) is 10.9 Å². The Bertz CT molecular complexity index is 670. The molecule has 0 bridgehead atoms. The van der Waals surface area contributed by atoms with Crippen molar-refractivity contribution < 1.29 is 4.74 Å². The molecule has 0 aliphatic heterocycles. The normalized spacial score (nSPS) is 13.9. The van der Waals surface area contributed by atoms with Crippen molar-refractivity contribution in [1.29, 1.82) is 5.26 Å². The summed E-state index contributed by atoms with van der Waals surface area (Å²) in [6.45, 7) is 0. The third-order valence-corrected chi connectivity index (χ3v) is 3.84. The fourth-order valence-electron chi connectivity index (χ4n) is 2.91. The van der Waals surface area contributed by atoms with Crippen LogP contribution in [0.15, 0.2) is 18.2 Å². The molecule has 0 amide bonds. The van der Waals surface area contributed by atoms with Crippen molar-refractivity contribution in [3.63, 3.8) is 0 Å². The number of pyridine rings is 1. The average molecular weight is 252 g/mol. The molecule has 3 nitrogen and oxygen atoms in total. The van der Waals surface area contributed by atoms with E-state index in [0.29, 0.717) is 6.42 Å². The van der Waals surface area contributed by atoms with Gasteiger partial charge in [-0.1, -0.05) is 0 Å². The first-order chi connectivity index (χ1) is 9.33. The number of rotatable bonds is 2. The monoisotopic (exact) mass is 252 g/mol. The van der Waals surface area contributed by atoms with Gasteiger partial charge in [-0.25, -0.2) is 0 Å². The van der Waals surface area contributed by atoms with Crippen LogP contribution in [-0.2, 0) is 19.3 Å². The van der Waals surface area contributed by atoms with Crippen LogP contribution in [0.2, 0.25) is 0 Å². The van der Waals surface area contributed by atoms with Crippen molar-refractivity contribution in [2.75, 3.05) is 7.11 Å². The number of hydrogen-bond acceptors (Lipinski definition) is 3. The molecule has 96 valence electrons. The Morgan fingerprint density at radius 3 is 2.95 bits per heavy atom. The number of aromatic nitrogens is 1. The topological polar surface area (TPSA) is 45.9 Å². The summed E-state index contributed by atoms with van der Waals surface area (Å²) in [6.07, 6.45) is 4.94. The van der Waals surface area contributed by atoms with E-state index in [9.17, 15) is 0 Å². The first kappa shape index (κ1) is 12.0. The van der Waals surface area contributed by atoms with E-state index >= 15 is 0 Å². The van der Waals surface area contributed by atoms with Gasteiger partial charge in [0.05, 0.1) is 25.1 Å². The molecule has 3 rings (SSSR count). The fraction of sp³-hybridized carbons (Fsp3) is 0.375. The number of fused-ring (bicyclic) bond motifs is 2. The zero-order valence-corrected chi connectivity index (χ0v) is 11.1. The van der Waals surface area contributed by atoms with Crippen LogP contribution in [0.4, 0.5) is 0 Å². The molecule has 0 atom stereocenters. The van der Waals surface area contributed by atoms with Gasteiger partial charge in [0.25, 0.3) is 0 Å². The van der Waals surface area contributed by atoms with E-state index in [0.717, 1.165) is 35.1 Å². The summed E-state index contributed by atoms with van der Waals surface area (Å²) in [5, 5.41) is 10.2. The predicted molar refractivity (Wildman–Crippen MR) is 74.3 cm³/mol. The number of nitrogens with zero attached hydrogens (tertiary/aromatic N) is 2. The molecule has 19 heavy (non-hydrogen) atoms. The minimum absolute atomic E-state index is 0.453. The second kappa shape index (κ2) is 4.89. The van der Waals surface area contributed by atoms with Gasteiger partial charge >= 0.3 is 0 Å². The summed E-state index contributed by atoms with van der Waals surface area (Å²) in [5.41, 5.74) is 4.62. The summed E-state index contributed by atoms with van der Waals surface area (Å²) in [5.74, 6) is 0.823. The maximum Gasteiger partial charge on any atom is 0.119 e. The van der Waals surface area contributed by atoms with E-state index in [1.165, 1.54) is 24.1 Å². The van der Waals surface area contributed by atoms with Crippen molar-refractivity contribution in [3.8, 4) is 11.8 Å². The van der Waals surface area contributed by atoms with Crippen LogP contribution in [-0.4, -0.2) is 12.1 Å². The molecule has 0 saturated carbocycles. The summed E-state index contributed by atoms with van der Waals surface area (Å²) in [4.78, 5) is 4.77. The number of nitriles is 1. The largest absolute Gasteiger partial charge is 0.497 e. The third kappa shape index (κ3) is 2.04. The van der Waals surface area contributed by atoms with E-state index in [4.69, 9.17) is 15.0 Å². The smallest absolute Gasteiger partial charge is 0.119 e. The van der Waals surface area contributed by atoms with Crippen molar-refractivity contribution >= 4 is 10.9 Å². The Hall–Kier alpha value is -2.08. The average Bonchev–Trinajstić information content (AvgIpc) is 2.47. The summed E-state index contributed by atoms with van der Waals surface area (Å²) >= 11 is 0. The van der Waals surface area contributed by atoms with E-state index in [1.807, 2.05) is 18.2 Å². The predicted octanol–water partition coefficient (Wildman–Crippen LogP) is 3.19. The van der Waals surface area contributed by atoms with Crippen molar-refractivity contribution in [1.82, 2.24) is 4.98 Å². The second-order valence-corrected chi connectivity index (χ2v) is 4.94. The summed E-state index contributed by atoms with van der Waals surface area (Å²) in [7, 11) is 1.66. The Kier molecular flexibility index (Phi) is 3.08. The summed E-state index contributed by atoms with van der Waals surface area (Å²) in [6, 6.07) is 8.22. The number of aryl methyl sites for hydroxylation is 1. The molecule has 1 aliphatic rings. The van der Waals surface area contributed by atoms with Gasteiger partial charge < -0.3 is 4.74 Å². The van der Waals surface area contributed by atoms with Gasteiger partial charge in [0.15, 0.2) is 0 Å². The minimum atomic E-state index is 0.453. The molecule has 0 unspecified atom stereocenters. The lowest BCUT2D eigenvalue weighted by Crippen LogP contribution is -2.09. The van der Waals surface area contributed by atoms with Gasteiger partial charge in [-0.05, 0) is 55.0 Å². The van der Waals surface area contributed by atoms with Crippen LogP contribution in [0, 0.1) is 11.3 Å². The lowest BCUT2D eigenvalue weighted by Gasteiger charge is -2.19. The van der Waals surface area contributed by atoms with Crippen LogP contribution in [0.3, 0.4) is 0 Å². The SMILES string of the molecule is COc1ccc2nc3c(c(CC#N)c2c1)CCCC3. The highest BCUT2D eigenvalue weighted by Gasteiger charge is 2.18. The molecule has 0 spiro atoms. The Labute approximate surface area is 112 Å². The highest BCUT2D eigenvalue weighted by Crippen LogP contribution is 2.31. The molecule has 0 saturated heterocycles. The molecule has 1 aromatic carbocycles. The molecular weight excluding hydrogens is 236 g/mol. The van der Waals surface area contributed by atoms with Crippen LogP contribution < -0.4 is 4.74 Å². The summed E-state index contributed by atoms with van der Waals surface area (Å²) < 4.78 is 5.29. The highest BCUT2D eigenvalue weighted by molar-refractivity contribution is 5.85. The Morgan fingerprint density at radius 1 is 1.32 bits per heavy atom. The van der Waals surface area contributed by atoms with Gasteiger partial charge in [-0.2, -0.15) is 5.26 Å². The maximum atomic E-state index is 9.11. The maximum absolute atomic E-state index is 9.11. The molecule has 0 N–H and O–H groups in total. The van der Waals surface area contributed by atoms with Crippen molar-refractivity contribution in [2.45, 2.75) is 32.1 Å². The van der Waals surface area contributed by atoms with Crippen molar-refractivity contribution in [3.05, 3.63) is 35.0 Å². The lowest BCUT2D eigenvalue weighted by atomic mass is 9.89. The van der Waals surface area contributed by atoms with Crippen LogP contribution in [0.1, 0.15) is 29.7 Å². The second-order valence-electron chi connectivity index (χ2n) is 4.94. The van der Waals surface area contributed by atoms with Gasteiger partial charge in [-0.15, -0.1) is 0 Å². The molecule has 1 aromatic heterocycles. The third-order valence-electron chi connectivity index (χ3n) is 3.84. The Morgan fingerprint density at radius 2 is 2.16 bits per heavy atom. The quantitative estimate of drug-likeness (QED) is 0.824. The first-order valence-corrected chi connectivity index (χ1v) is 6.69. The minimum Gasteiger partial charge on any atom is -0.497 e. The van der Waals surface area contributed by atoms with Gasteiger partial charge in [0.2, 0.25) is 0 Å². The van der Waals surface area contributed by atoms with Gasteiger partial charge in [0, 0.05) is 11.1 Å². The molecule has 2 aromatic rings. The number of methoxy groups -OCH3 is 1. The number of benzene rings is 1. The molecule has 0 radical (unpaired) electrons. The van der Waals surface area contributed by atoms with E-state index in [2.05, 4.69) is 6.07 Å². The van der Waals surface area contributed by atoms with Gasteiger partial charge in [0.1, 0.15) is 5.75 Å². The lowest BCUT2D eigenvalue weighted by molar-refractivity contribution is 0.415. The standard InChI is InChI=1S/C16H16N2O/c1-19-11-6-7-16-14(10-11)12(8-9-17)13-4-2-3-5-15(13)18-16/h6-7,10H,2-5,8H2,1H3. The Balaban J connectivity index is 2.30. The molecule has 1 aliphatic carbocycles.